The van der Waals surface area contributed by atoms with Crippen molar-refractivity contribution in [2.24, 2.45) is 5.92 Å². The maximum absolute atomic E-state index is 10.0. The molecule has 0 radical (unpaired) electrons. The third-order valence-corrected chi connectivity index (χ3v) is 3.78. The molecule has 1 aromatic rings. The van der Waals surface area contributed by atoms with Gasteiger partial charge in [0.2, 0.25) is 0 Å². The molecule has 1 saturated heterocycles. The zero-order valence-electron chi connectivity index (χ0n) is 12.0. The molecule has 19 heavy (non-hydrogen) atoms. The summed E-state index contributed by atoms with van der Waals surface area (Å²) in [7, 11) is 0. The number of aliphatic hydroxyl groups excluding tert-OH is 1. The van der Waals surface area contributed by atoms with Gasteiger partial charge in [-0.3, -0.25) is 4.90 Å². The molecule has 0 spiro atoms. The molecular formula is C16H25NO2. The number of ether oxygens (including phenoxy) is 1. The Morgan fingerprint density at radius 3 is 2.68 bits per heavy atom. The Balaban J connectivity index is 1.66. The molecule has 3 nitrogen and oxygen atoms in total. The summed E-state index contributed by atoms with van der Waals surface area (Å²) in [6.07, 6.45) is 0.842. The van der Waals surface area contributed by atoms with E-state index in [1.54, 1.807) is 0 Å². The lowest BCUT2D eigenvalue weighted by molar-refractivity contribution is 0.00853. The van der Waals surface area contributed by atoms with Crippen molar-refractivity contribution in [3.63, 3.8) is 0 Å². The van der Waals surface area contributed by atoms with Crippen molar-refractivity contribution in [3.05, 3.63) is 35.9 Å². The van der Waals surface area contributed by atoms with Crippen molar-refractivity contribution in [2.75, 3.05) is 19.7 Å². The number of likely N-dealkylation sites (tertiary alicyclic amines) is 1. The van der Waals surface area contributed by atoms with E-state index in [9.17, 15) is 5.11 Å². The van der Waals surface area contributed by atoms with Crippen LogP contribution in [0.15, 0.2) is 30.3 Å². The molecule has 1 fully saturated rings. The Bertz CT molecular complexity index is 368. The molecule has 3 atom stereocenters. The van der Waals surface area contributed by atoms with E-state index in [-0.39, 0.29) is 0 Å². The molecule has 3 unspecified atom stereocenters. The Kier molecular flexibility index (Phi) is 5.37. The van der Waals surface area contributed by atoms with Gasteiger partial charge in [0.05, 0.1) is 19.3 Å². The lowest BCUT2D eigenvalue weighted by Crippen LogP contribution is -2.37. The van der Waals surface area contributed by atoms with E-state index in [1.807, 2.05) is 30.3 Å². The first-order valence-corrected chi connectivity index (χ1v) is 7.19. The summed E-state index contributed by atoms with van der Waals surface area (Å²) in [5.41, 5.74) is 1.15. The fraction of sp³-hybridized carbons (Fsp3) is 0.625. The summed E-state index contributed by atoms with van der Waals surface area (Å²) in [4.78, 5) is 2.36. The fourth-order valence-corrected chi connectivity index (χ4v) is 2.85. The molecule has 0 aliphatic carbocycles. The van der Waals surface area contributed by atoms with E-state index in [0.29, 0.717) is 19.3 Å². The van der Waals surface area contributed by atoms with E-state index in [1.165, 1.54) is 6.42 Å². The normalized spacial score (nSPS) is 25.6. The first-order valence-electron chi connectivity index (χ1n) is 7.19. The van der Waals surface area contributed by atoms with E-state index >= 15 is 0 Å². The van der Waals surface area contributed by atoms with Gasteiger partial charge in [0.25, 0.3) is 0 Å². The SMILES string of the molecule is CC1CC(C)N(CC(O)COCc2ccccc2)C1. The largest absolute Gasteiger partial charge is 0.389 e. The smallest absolute Gasteiger partial charge is 0.0900 e. The van der Waals surface area contributed by atoms with Crippen molar-refractivity contribution in [1.82, 2.24) is 4.90 Å². The van der Waals surface area contributed by atoms with E-state index in [2.05, 4.69) is 18.7 Å². The lowest BCUT2D eigenvalue weighted by atomic mass is 10.1. The number of hydrogen-bond donors (Lipinski definition) is 1. The van der Waals surface area contributed by atoms with Gasteiger partial charge in [-0.1, -0.05) is 37.3 Å². The molecule has 0 bridgehead atoms. The van der Waals surface area contributed by atoms with Gasteiger partial charge in [0.1, 0.15) is 0 Å². The standard InChI is InChI=1S/C16H25NO2/c1-13-8-14(2)17(9-13)10-16(18)12-19-11-15-6-4-3-5-7-15/h3-7,13-14,16,18H,8-12H2,1-2H3. The molecule has 3 heteroatoms. The van der Waals surface area contributed by atoms with Crippen LogP contribution in [0.2, 0.25) is 0 Å². The Hall–Kier alpha value is -0.900. The maximum Gasteiger partial charge on any atom is 0.0900 e. The van der Waals surface area contributed by atoms with Crippen LogP contribution in [0.1, 0.15) is 25.8 Å². The Morgan fingerprint density at radius 2 is 2.05 bits per heavy atom. The summed E-state index contributed by atoms with van der Waals surface area (Å²) >= 11 is 0. The van der Waals surface area contributed by atoms with Crippen LogP contribution in [-0.2, 0) is 11.3 Å². The van der Waals surface area contributed by atoms with Gasteiger partial charge in [-0.2, -0.15) is 0 Å². The topological polar surface area (TPSA) is 32.7 Å². The van der Waals surface area contributed by atoms with Crippen molar-refractivity contribution >= 4 is 0 Å². The van der Waals surface area contributed by atoms with Crippen LogP contribution in [0, 0.1) is 5.92 Å². The summed E-state index contributed by atoms with van der Waals surface area (Å²) < 4.78 is 5.58. The molecule has 1 heterocycles. The predicted molar refractivity (Wildman–Crippen MR) is 76.9 cm³/mol. The van der Waals surface area contributed by atoms with Crippen LogP contribution < -0.4 is 0 Å². The molecule has 1 N–H and O–H groups in total. The molecule has 1 aromatic carbocycles. The number of nitrogens with zero attached hydrogens (tertiary/aromatic N) is 1. The van der Waals surface area contributed by atoms with E-state index in [4.69, 9.17) is 4.74 Å². The maximum atomic E-state index is 10.0. The highest BCUT2D eigenvalue weighted by Crippen LogP contribution is 2.22. The van der Waals surface area contributed by atoms with Crippen molar-refractivity contribution in [3.8, 4) is 0 Å². The summed E-state index contributed by atoms with van der Waals surface area (Å²) in [5, 5.41) is 10.0. The van der Waals surface area contributed by atoms with Gasteiger partial charge >= 0.3 is 0 Å². The van der Waals surface area contributed by atoms with Crippen LogP contribution in [-0.4, -0.2) is 41.8 Å². The molecule has 2 rings (SSSR count). The minimum Gasteiger partial charge on any atom is -0.389 e. The first kappa shape index (κ1) is 14.5. The van der Waals surface area contributed by atoms with Crippen molar-refractivity contribution in [2.45, 2.75) is 39.0 Å². The van der Waals surface area contributed by atoms with Gasteiger partial charge in [-0.25, -0.2) is 0 Å². The highest BCUT2D eigenvalue weighted by atomic mass is 16.5. The Labute approximate surface area is 116 Å². The Morgan fingerprint density at radius 1 is 1.32 bits per heavy atom. The summed E-state index contributed by atoms with van der Waals surface area (Å²) in [6.45, 7) is 7.31. The second-order valence-corrected chi connectivity index (χ2v) is 5.80. The van der Waals surface area contributed by atoms with Crippen LogP contribution in [0.25, 0.3) is 0 Å². The molecule has 0 amide bonds. The van der Waals surface area contributed by atoms with Crippen LogP contribution >= 0.6 is 0 Å². The van der Waals surface area contributed by atoms with E-state index in [0.717, 1.165) is 24.6 Å². The number of hydrogen-bond acceptors (Lipinski definition) is 3. The highest BCUT2D eigenvalue weighted by molar-refractivity contribution is 5.13. The number of β-amino-alcohol motifs (C(OH)–C–C–N with tert-alkyl or cyclic N) is 1. The predicted octanol–water partition coefficient (Wildman–Crippen LogP) is 2.29. The third-order valence-electron chi connectivity index (χ3n) is 3.78. The van der Waals surface area contributed by atoms with Crippen LogP contribution in [0.5, 0.6) is 0 Å². The highest BCUT2D eigenvalue weighted by Gasteiger charge is 2.27. The van der Waals surface area contributed by atoms with Gasteiger partial charge in [-0.05, 0) is 24.8 Å². The monoisotopic (exact) mass is 263 g/mol. The number of benzene rings is 1. The second kappa shape index (κ2) is 7.04. The molecule has 0 saturated carbocycles. The number of rotatable bonds is 6. The molecule has 106 valence electrons. The van der Waals surface area contributed by atoms with Gasteiger partial charge < -0.3 is 9.84 Å². The van der Waals surface area contributed by atoms with Gasteiger partial charge in [-0.15, -0.1) is 0 Å². The lowest BCUT2D eigenvalue weighted by Gasteiger charge is -2.24. The van der Waals surface area contributed by atoms with Crippen molar-refractivity contribution in [1.29, 1.82) is 0 Å². The summed E-state index contributed by atoms with van der Waals surface area (Å²) in [5.74, 6) is 0.743. The van der Waals surface area contributed by atoms with Crippen LogP contribution in [0.3, 0.4) is 0 Å². The summed E-state index contributed by atoms with van der Waals surface area (Å²) in [6, 6.07) is 10.7. The fourth-order valence-electron chi connectivity index (χ4n) is 2.85. The first-order chi connectivity index (χ1) is 9.15. The van der Waals surface area contributed by atoms with E-state index < -0.39 is 6.10 Å². The average Bonchev–Trinajstić information content (AvgIpc) is 2.69. The number of aliphatic hydroxyl groups is 1. The van der Waals surface area contributed by atoms with Gasteiger partial charge in [0, 0.05) is 19.1 Å². The van der Waals surface area contributed by atoms with Crippen LogP contribution in [0.4, 0.5) is 0 Å². The average molecular weight is 263 g/mol. The minimum absolute atomic E-state index is 0.392. The molecule has 1 aliphatic heterocycles. The molecule has 1 aliphatic rings. The quantitative estimate of drug-likeness (QED) is 0.855. The zero-order valence-corrected chi connectivity index (χ0v) is 12.0. The molecular weight excluding hydrogens is 238 g/mol. The second-order valence-electron chi connectivity index (χ2n) is 5.80. The molecule has 0 aromatic heterocycles. The zero-order chi connectivity index (χ0) is 13.7. The third kappa shape index (κ3) is 4.60. The van der Waals surface area contributed by atoms with Gasteiger partial charge in [0.15, 0.2) is 0 Å². The minimum atomic E-state index is -0.392. The van der Waals surface area contributed by atoms with Crippen molar-refractivity contribution < 1.29 is 9.84 Å².